The first-order valence-corrected chi connectivity index (χ1v) is 9.99. The third-order valence-corrected chi connectivity index (χ3v) is 5.45. The Labute approximate surface area is 171 Å². The van der Waals surface area contributed by atoms with Crippen molar-refractivity contribution in [1.82, 2.24) is 15.1 Å². The molecule has 1 aromatic carbocycles. The normalized spacial score (nSPS) is 18.0. The van der Waals surface area contributed by atoms with Crippen LogP contribution in [-0.4, -0.2) is 45.0 Å². The molecule has 0 saturated carbocycles. The highest BCUT2D eigenvalue weighted by Gasteiger charge is 2.31. The van der Waals surface area contributed by atoms with E-state index in [9.17, 15) is 9.59 Å². The fourth-order valence-corrected chi connectivity index (χ4v) is 3.80. The standard InChI is InChI=1S/C22H29N3O4/c1-14-19(9-10-20(26)27)15(2)25(24-14)17-7-5-16(6-8-17)21(28)23-13-18-11-12-22(3,4)29-18/h5-8,18H,9-13H2,1-4H3,(H,23,28)(H,26,27). The average Bonchev–Trinajstić information content (AvgIpc) is 3.16. The summed E-state index contributed by atoms with van der Waals surface area (Å²) in [7, 11) is 0. The number of carbonyl (C=O) groups is 2. The molecule has 156 valence electrons. The molecule has 0 radical (unpaired) electrons. The Balaban J connectivity index is 1.65. The van der Waals surface area contributed by atoms with Gasteiger partial charge >= 0.3 is 5.97 Å². The number of hydrogen-bond acceptors (Lipinski definition) is 4. The van der Waals surface area contributed by atoms with Crippen molar-refractivity contribution in [2.45, 2.75) is 65.1 Å². The second kappa shape index (κ2) is 8.37. The molecule has 1 aromatic heterocycles. The summed E-state index contributed by atoms with van der Waals surface area (Å²) in [6, 6.07) is 7.25. The molecule has 0 spiro atoms. The summed E-state index contributed by atoms with van der Waals surface area (Å²) in [5, 5.41) is 16.4. The molecule has 2 aromatic rings. The molecule has 1 atom stereocenters. The molecule has 1 saturated heterocycles. The van der Waals surface area contributed by atoms with Gasteiger partial charge in [0.05, 0.1) is 23.1 Å². The topological polar surface area (TPSA) is 93.5 Å². The van der Waals surface area contributed by atoms with E-state index >= 15 is 0 Å². The minimum Gasteiger partial charge on any atom is -0.481 e. The van der Waals surface area contributed by atoms with Gasteiger partial charge < -0.3 is 15.2 Å². The van der Waals surface area contributed by atoms with Gasteiger partial charge in [-0.25, -0.2) is 4.68 Å². The summed E-state index contributed by atoms with van der Waals surface area (Å²) in [6.45, 7) is 8.46. The number of hydrogen-bond donors (Lipinski definition) is 2. The second-order valence-electron chi connectivity index (χ2n) is 8.25. The minimum atomic E-state index is -0.821. The number of amides is 1. The summed E-state index contributed by atoms with van der Waals surface area (Å²) in [5.41, 5.74) is 4.00. The summed E-state index contributed by atoms with van der Waals surface area (Å²) in [5.74, 6) is -0.946. The van der Waals surface area contributed by atoms with Gasteiger partial charge in [0.1, 0.15) is 0 Å². The van der Waals surface area contributed by atoms with Crippen LogP contribution in [0.2, 0.25) is 0 Å². The number of nitrogens with one attached hydrogen (secondary N) is 1. The Morgan fingerprint density at radius 1 is 1.28 bits per heavy atom. The number of aromatic nitrogens is 2. The lowest BCUT2D eigenvalue weighted by Gasteiger charge is -2.19. The Bertz CT molecular complexity index is 900. The molecule has 2 N–H and O–H groups in total. The summed E-state index contributed by atoms with van der Waals surface area (Å²) < 4.78 is 7.70. The van der Waals surface area contributed by atoms with Crippen LogP contribution in [-0.2, 0) is 16.0 Å². The van der Waals surface area contributed by atoms with Gasteiger partial charge in [-0.2, -0.15) is 5.10 Å². The van der Waals surface area contributed by atoms with Gasteiger partial charge in [-0.05, 0) is 76.8 Å². The second-order valence-corrected chi connectivity index (χ2v) is 8.25. The monoisotopic (exact) mass is 399 g/mol. The maximum atomic E-state index is 12.4. The van der Waals surface area contributed by atoms with Crippen molar-refractivity contribution in [1.29, 1.82) is 0 Å². The third-order valence-electron chi connectivity index (χ3n) is 5.45. The lowest BCUT2D eigenvalue weighted by molar-refractivity contribution is -0.136. The summed E-state index contributed by atoms with van der Waals surface area (Å²) >= 11 is 0. The van der Waals surface area contributed by atoms with Crippen LogP contribution in [0.5, 0.6) is 0 Å². The van der Waals surface area contributed by atoms with Crippen molar-refractivity contribution in [2.75, 3.05) is 6.54 Å². The zero-order valence-corrected chi connectivity index (χ0v) is 17.5. The SMILES string of the molecule is Cc1nn(-c2ccc(C(=O)NCC3CCC(C)(C)O3)cc2)c(C)c1CCC(=O)O. The van der Waals surface area contributed by atoms with E-state index in [1.54, 1.807) is 16.8 Å². The summed E-state index contributed by atoms with van der Waals surface area (Å²) in [4.78, 5) is 23.3. The van der Waals surface area contributed by atoms with E-state index in [2.05, 4.69) is 24.3 Å². The molecular weight excluding hydrogens is 370 g/mol. The summed E-state index contributed by atoms with van der Waals surface area (Å²) in [6.07, 6.45) is 2.54. The molecule has 7 heteroatoms. The highest BCUT2D eigenvalue weighted by atomic mass is 16.5. The van der Waals surface area contributed by atoms with E-state index in [0.29, 0.717) is 18.5 Å². The van der Waals surface area contributed by atoms with Crippen LogP contribution in [0.3, 0.4) is 0 Å². The molecular formula is C22H29N3O4. The van der Waals surface area contributed by atoms with E-state index in [1.165, 1.54) is 0 Å². The number of aliphatic carboxylic acids is 1. The van der Waals surface area contributed by atoms with Crippen molar-refractivity contribution < 1.29 is 19.4 Å². The maximum absolute atomic E-state index is 12.4. The molecule has 7 nitrogen and oxygen atoms in total. The highest BCUT2D eigenvalue weighted by molar-refractivity contribution is 5.94. The number of rotatable bonds is 7. The van der Waals surface area contributed by atoms with Gasteiger partial charge in [-0.3, -0.25) is 9.59 Å². The highest BCUT2D eigenvalue weighted by Crippen LogP contribution is 2.28. The molecule has 2 heterocycles. The van der Waals surface area contributed by atoms with Crippen molar-refractivity contribution in [3.63, 3.8) is 0 Å². The zero-order chi connectivity index (χ0) is 21.2. The average molecular weight is 399 g/mol. The Hall–Kier alpha value is -2.67. The molecule has 0 aliphatic carbocycles. The molecule has 29 heavy (non-hydrogen) atoms. The van der Waals surface area contributed by atoms with E-state index in [4.69, 9.17) is 9.84 Å². The van der Waals surface area contributed by atoms with Crippen molar-refractivity contribution in [3.8, 4) is 5.69 Å². The molecule has 3 rings (SSSR count). The number of carboxylic acids is 1. The van der Waals surface area contributed by atoms with E-state index in [-0.39, 0.29) is 24.0 Å². The van der Waals surface area contributed by atoms with Gasteiger partial charge in [0.25, 0.3) is 5.91 Å². The lowest BCUT2D eigenvalue weighted by Crippen LogP contribution is -2.33. The molecule has 1 unspecified atom stereocenters. The Morgan fingerprint density at radius 3 is 2.55 bits per heavy atom. The van der Waals surface area contributed by atoms with Crippen LogP contribution in [0.1, 0.15) is 60.4 Å². The van der Waals surface area contributed by atoms with Crippen LogP contribution < -0.4 is 5.32 Å². The van der Waals surface area contributed by atoms with Crippen LogP contribution in [0, 0.1) is 13.8 Å². The molecule has 1 aliphatic rings. The first-order valence-electron chi connectivity index (χ1n) is 9.99. The predicted octanol–water partition coefficient (Wildman–Crippen LogP) is 3.19. The van der Waals surface area contributed by atoms with Crippen LogP contribution in [0.4, 0.5) is 0 Å². The Kier molecular flexibility index (Phi) is 6.07. The van der Waals surface area contributed by atoms with Crippen LogP contribution in [0.15, 0.2) is 24.3 Å². The van der Waals surface area contributed by atoms with E-state index < -0.39 is 5.97 Å². The fourth-order valence-electron chi connectivity index (χ4n) is 3.80. The van der Waals surface area contributed by atoms with Crippen LogP contribution in [0.25, 0.3) is 5.69 Å². The first kappa shape index (κ1) is 21.0. The van der Waals surface area contributed by atoms with Crippen LogP contribution >= 0.6 is 0 Å². The zero-order valence-electron chi connectivity index (χ0n) is 17.5. The lowest BCUT2D eigenvalue weighted by atomic mass is 10.1. The van der Waals surface area contributed by atoms with Crippen molar-refractivity contribution in [3.05, 3.63) is 46.8 Å². The van der Waals surface area contributed by atoms with Crippen molar-refractivity contribution in [2.24, 2.45) is 0 Å². The number of aryl methyl sites for hydroxylation is 1. The molecule has 1 aliphatic heterocycles. The van der Waals surface area contributed by atoms with E-state index in [1.807, 2.05) is 26.0 Å². The number of nitrogens with zero attached hydrogens (tertiary/aromatic N) is 2. The number of carbonyl (C=O) groups excluding carboxylic acids is 1. The first-order chi connectivity index (χ1) is 13.7. The smallest absolute Gasteiger partial charge is 0.303 e. The number of benzene rings is 1. The molecule has 1 fully saturated rings. The minimum absolute atomic E-state index is 0.0622. The van der Waals surface area contributed by atoms with Crippen molar-refractivity contribution >= 4 is 11.9 Å². The van der Waals surface area contributed by atoms with Gasteiger partial charge in [-0.1, -0.05) is 0 Å². The molecule has 1 amide bonds. The van der Waals surface area contributed by atoms with Gasteiger partial charge in [-0.15, -0.1) is 0 Å². The largest absolute Gasteiger partial charge is 0.481 e. The quantitative estimate of drug-likeness (QED) is 0.746. The predicted molar refractivity (Wildman–Crippen MR) is 110 cm³/mol. The third kappa shape index (κ3) is 5.03. The molecule has 0 bridgehead atoms. The fraction of sp³-hybridized carbons (Fsp3) is 0.500. The number of ether oxygens (including phenoxy) is 1. The maximum Gasteiger partial charge on any atom is 0.303 e. The van der Waals surface area contributed by atoms with Gasteiger partial charge in [0, 0.05) is 24.2 Å². The Morgan fingerprint density at radius 2 is 1.97 bits per heavy atom. The van der Waals surface area contributed by atoms with E-state index in [0.717, 1.165) is 35.5 Å². The number of carboxylic acid groups (broad SMARTS) is 1. The van der Waals surface area contributed by atoms with Gasteiger partial charge in [0.2, 0.25) is 0 Å². The van der Waals surface area contributed by atoms with Gasteiger partial charge in [0.15, 0.2) is 0 Å².